The average Bonchev–Trinajstić information content (AvgIpc) is 3.35. The first-order chi connectivity index (χ1) is 14.5. The van der Waals surface area contributed by atoms with Crippen LogP contribution in [-0.4, -0.2) is 54.2 Å². The van der Waals surface area contributed by atoms with Gasteiger partial charge in [0.1, 0.15) is 0 Å². The van der Waals surface area contributed by atoms with Crippen LogP contribution in [0.4, 0.5) is 10.8 Å². The van der Waals surface area contributed by atoms with E-state index in [0.29, 0.717) is 47.3 Å². The van der Waals surface area contributed by atoms with Crippen molar-refractivity contribution in [3.8, 4) is 11.5 Å². The molecule has 1 atom stereocenters. The summed E-state index contributed by atoms with van der Waals surface area (Å²) in [7, 11) is 1.54. The fourth-order valence-corrected chi connectivity index (χ4v) is 4.65. The second kappa shape index (κ2) is 9.13. The summed E-state index contributed by atoms with van der Waals surface area (Å²) in [6, 6.07) is 3.48. The maximum absolute atomic E-state index is 12.9. The van der Waals surface area contributed by atoms with Gasteiger partial charge in [-0.2, -0.15) is 0 Å². The number of halogens is 1. The number of amides is 2. The number of nitrogens with one attached hydrogen (secondary N) is 1. The van der Waals surface area contributed by atoms with Gasteiger partial charge in [0.2, 0.25) is 5.91 Å². The zero-order chi connectivity index (χ0) is 21.1. The van der Waals surface area contributed by atoms with Crippen LogP contribution in [0.5, 0.6) is 11.5 Å². The summed E-state index contributed by atoms with van der Waals surface area (Å²) < 4.78 is 12.1. The number of rotatable bonds is 7. The maximum Gasteiger partial charge on any atom is 0.256 e. The number of aliphatic imine (C=N–C) groups is 1. The quantitative estimate of drug-likeness (QED) is 0.588. The van der Waals surface area contributed by atoms with Gasteiger partial charge < -0.3 is 19.7 Å². The lowest BCUT2D eigenvalue weighted by Gasteiger charge is -2.20. The highest BCUT2D eigenvalue weighted by Crippen LogP contribution is 2.38. The summed E-state index contributed by atoms with van der Waals surface area (Å²) in [6.07, 6.45) is 6.24. The number of carbonyl (C=O) groups excluding carboxylic acids is 2. The van der Waals surface area contributed by atoms with Gasteiger partial charge in [0, 0.05) is 25.2 Å². The first kappa shape index (κ1) is 20.8. The molecule has 4 rings (SSSR count). The standard InChI is InChI=1S/C20H21BrN4O4S/c1-28-15-8-13-14(22-10-12-4-2-6-25(12)19(13)27)9-16(15)29-7-3-5-18(26)24-20-23-11-17(21)30-20/h8-12H,2-7H2,1H3,(H,23,24,26)/t12-/m0/s1. The fourth-order valence-electron chi connectivity index (χ4n) is 3.53. The lowest BCUT2D eigenvalue weighted by atomic mass is 10.1. The summed E-state index contributed by atoms with van der Waals surface area (Å²) in [4.78, 5) is 35.4. The van der Waals surface area contributed by atoms with E-state index in [1.54, 1.807) is 18.3 Å². The smallest absolute Gasteiger partial charge is 0.256 e. The number of thiazole rings is 1. The highest BCUT2D eigenvalue weighted by atomic mass is 79.9. The van der Waals surface area contributed by atoms with Gasteiger partial charge in [-0.05, 0) is 41.3 Å². The zero-order valence-electron chi connectivity index (χ0n) is 16.4. The molecule has 1 fully saturated rings. The molecule has 0 spiro atoms. The van der Waals surface area contributed by atoms with Crippen LogP contribution in [0.15, 0.2) is 27.1 Å². The molecule has 1 N–H and O–H groups in total. The molecule has 1 aromatic heterocycles. The Morgan fingerprint density at radius 1 is 1.40 bits per heavy atom. The summed E-state index contributed by atoms with van der Waals surface area (Å²) >= 11 is 4.67. The molecule has 0 bridgehead atoms. The minimum absolute atomic E-state index is 0.0275. The SMILES string of the molecule is COc1cc2c(cc1OCCCC(=O)Nc1ncc(Br)s1)N=C[C@@H]1CCCN1C2=O. The molecule has 8 nitrogen and oxygen atoms in total. The molecule has 2 aliphatic heterocycles. The van der Waals surface area contributed by atoms with Crippen LogP contribution >= 0.6 is 27.3 Å². The van der Waals surface area contributed by atoms with Crippen molar-refractivity contribution in [1.29, 1.82) is 0 Å². The van der Waals surface area contributed by atoms with Gasteiger partial charge in [0.15, 0.2) is 16.6 Å². The predicted molar refractivity (Wildman–Crippen MR) is 118 cm³/mol. The Bertz CT molecular complexity index is 993. The first-order valence-electron chi connectivity index (χ1n) is 9.66. The third-order valence-corrected chi connectivity index (χ3v) is 6.38. The van der Waals surface area contributed by atoms with Crippen molar-refractivity contribution in [2.45, 2.75) is 31.7 Å². The molecule has 158 valence electrons. The molecule has 0 radical (unpaired) electrons. The van der Waals surface area contributed by atoms with Crippen LogP contribution in [-0.2, 0) is 4.79 Å². The number of nitrogens with zero attached hydrogens (tertiary/aromatic N) is 3. The minimum atomic E-state index is -0.120. The van der Waals surface area contributed by atoms with Gasteiger partial charge in [-0.3, -0.25) is 14.6 Å². The monoisotopic (exact) mass is 492 g/mol. The molecular formula is C20H21BrN4O4S. The van der Waals surface area contributed by atoms with Crippen LogP contribution in [0, 0.1) is 0 Å². The Hall–Kier alpha value is -2.46. The van der Waals surface area contributed by atoms with E-state index in [2.05, 4.69) is 31.2 Å². The number of methoxy groups -OCH3 is 1. The number of fused-ring (bicyclic) bond motifs is 2. The summed E-state index contributed by atoms with van der Waals surface area (Å²) in [6.45, 7) is 1.08. The van der Waals surface area contributed by atoms with Crippen LogP contribution in [0.2, 0.25) is 0 Å². The Morgan fingerprint density at radius 2 is 2.27 bits per heavy atom. The maximum atomic E-state index is 12.9. The largest absolute Gasteiger partial charge is 0.493 e. The van der Waals surface area contributed by atoms with Gasteiger partial charge in [-0.15, -0.1) is 0 Å². The van der Waals surface area contributed by atoms with Crippen molar-refractivity contribution in [3.63, 3.8) is 0 Å². The molecule has 2 aromatic rings. The number of carbonyl (C=O) groups is 2. The summed E-state index contributed by atoms with van der Waals surface area (Å²) in [5.41, 5.74) is 1.10. The van der Waals surface area contributed by atoms with Crippen molar-refractivity contribution in [2.75, 3.05) is 25.6 Å². The average molecular weight is 493 g/mol. The minimum Gasteiger partial charge on any atom is -0.493 e. The fraction of sp³-hybridized carbons (Fsp3) is 0.400. The third-order valence-electron chi connectivity index (χ3n) is 4.99. The summed E-state index contributed by atoms with van der Waals surface area (Å²) in [5.74, 6) is 0.838. The van der Waals surface area contributed by atoms with E-state index in [4.69, 9.17) is 9.47 Å². The Kier molecular flexibility index (Phi) is 6.33. The van der Waals surface area contributed by atoms with Gasteiger partial charge in [0.25, 0.3) is 5.91 Å². The molecule has 3 heterocycles. The molecule has 30 heavy (non-hydrogen) atoms. The first-order valence-corrected chi connectivity index (χ1v) is 11.3. The topological polar surface area (TPSA) is 93.1 Å². The number of anilines is 1. The lowest BCUT2D eigenvalue weighted by Crippen LogP contribution is -2.35. The van der Waals surface area contributed by atoms with Gasteiger partial charge in [-0.1, -0.05) is 11.3 Å². The molecule has 2 amide bonds. The van der Waals surface area contributed by atoms with Crippen LogP contribution in [0.3, 0.4) is 0 Å². The van der Waals surface area contributed by atoms with E-state index in [0.717, 1.165) is 23.2 Å². The molecule has 2 aliphatic rings. The van der Waals surface area contributed by atoms with E-state index in [1.807, 2.05) is 11.1 Å². The van der Waals surface area contributed by atoms with Crippen molar-refractivity contribution in [3.05, 3.63) is 27.7 Å². The van der Waals surface area contributed by atoms with E-state index < -0.39 is 0 Å². The van der Waals surface area contributed by atoms with Crippen LogP contribution < -0.4 is 14.8 Å². The molecule has 0 saturated carbocycles. The Labute approximate surface area is 186 Å². The van der Waals surface area contributed by atoms with Crippen molar-refractivity contribution >= 4 is 56.1 Å². The van der Waals surface area contributed by atoms with Crippen molar-refractivity contribution in [2.24, 2.45) is 4.99 Å². The molecule has 0 unspecified atom stereocenters. The van der Waals surface area contributed by atoms with Gasteiger partial charge in [-0.25, -0.2) is 4.98 Å². The van der Waals surface area contributed by atoms with E-state index in [9.17, 15) is 9.59 Å². The Morgan fingerprint density at radius 3 is 3.03 bits per heavy atom. The lowest BCUT2D eigenvalue weighted by molar-refractivity contribution is -0.116. The van der Waals surface area contributed by atoms with Crippen molar-refractivity contribution < 1.29 is 19.1 Å². The number of hydrogen-bond donors (Lipinski definition) is 1. The molecule has 10 heteroatoms. The molecule has 1 aromatic carbocycles. The molecule has 1 saturated heterocycles. The van der Waals surface area contributed by atoms with Crippen molar-refractivity contribution in [1.82, 2.24) is 9.88 Å². The molecule has 0 aliphatic carbocycles. The van der Waals surface area contributed by atoms with E-state index in [1.165, 1.54) is 18.4 Å². The Balaban J connectivity index is 1.38. The second-order valence-electron chi connectivity index (χ2n) is 6.98. The van der Waals surface area contributed by atoms with Gasteiger partial charge >= 0.3 is 0 Å². The van der Waals surface area contributed by atoms with Gasteiger partial charge in [0.05, 0.1) is 41.0 Å². The summed E-state index contributed by atoms with van der Waals surface area (Å²) in [5, 5.41) is 3.31. The predicted octanol–water partition coefficient (Wildman–Crippen LogP) is 4.03. The number of ether oxygens (including phenoxy) is 2. The van der Waals surface area contributed by atoms with Crippen LogP contribution in [0.1, 0.15) is 36.0 Å². The highest BCUT2D eigenvalue weighted by Gasteiger charge is 2.32. The van der Waals surface area contributed by atoms with E-state index >= 15 is 0 Å². The molecular weight excluding hydrogens is 472 g/mol. The zero-order valence-corrected chi connectivity index (χ0v) is 18.8. The van der Waals surface area contributed by atoms with E-state index in [-0.39, 0.29) is 17.9 Å². The number of aromatic nitrogens is 1. The third kappa shape index (κ3) is 4.49. The number of hydrogen-bond acceptors (Lipinski definition) is 7. The van der Waals surface area contributed by atoms with Crippen LogP contribution in [0.25, 0.3) is 0 Å². The second-order valence-corrected chi connectivity index (χ2v) is 9.39. The normalized spacial score (nSPS) is 17.3. The highest BCUT2D eigenvalue weighted by molar-refractivity contribution is 9.11. The number of benzene rings is 1.